The summed E-state index contributed by atoms with van der Waals surface area (Å²) in [6, 6.07) is 0. The number of hydrogen-bond acceptors (Lipinski definition) is 4. The molecule has 1 atom stereocenters. The lowest BCUT2D eigenvalue weighted by atomic mass is 10.2. The monoisotopic (exact) mass is 378 g/mol. The van der Waals surface area contributed by atoms with Crippen molar-refractivity contribution >= 4 is 10.1 Å². The Kier molecular flexibility index (Phi) is 5.13. The van der Waals surface area contributed by atoms with Gasteiger partial charge in [0, 0.05) is 7.11 Å². The van der Waals surface area contributed by atoms with E-state index in [9.17, 15) is 52.3 Å². The van der Waals surface area contributed by atoms with E-state index in [1.54, 1.807) is 4.74 Å². The molecule has 0 saturated carbocycles. The molecule has 16 heteroatoms. The zero-order chi connectivity index (χ0) is 18.4. The molecule has 0 saturated heterocycles. The van der Waals surface area contributed by atoms with Crippen molar-refractivity contribution in [1.82, 2.24) is 0 Å². The Labute approximate surface area is 114 Å². The maximum Gasteiger partial charge on any atom is 0.460 e. The molecule has 0 bridgehead atoms. The van der Waals surface area contributed by atoms with E-state index in [2.05, 4.69) is 4.74 Å². The van der Waals surface area contributed by atoms with Crippen LogP contribution < -0.4 is 0 Å². The average Bonchev–Trinajstić information content (AvgIpc) is 2.22. The minimum Gasteiger partial charge on any atom is -0.335 e. The second-order valence-electron chi connectivity index (χ2n) is 3.42. The Hall–Kier alpha value is -0.870. The highest BCUT2D eigenvalue weighted by Gasteiger charge is 2.79. The maximum atomic E-state index is 13.0. The summed E-state index contributed by atoms with van der Waals surface area (Å²) < 4.78 is 157. The lowest BCUT2D eigenvalue weighted by molar-refractivity contribution is -0.505. The molecule has 0 radical (unpaired) electrons. The Balaban J connectivity index is 5.90. The van der Waals surface area contributed by atoms with E-state index >= 15 is 0 Å². The summed E-state index contributed by atoms with van der Waals surface area (Å²) in [4.78, 5) is 0. The van der Waals surface area contributed by atoms with Gasteiger partial charge in [0.05, 0.1) is 0 Å². The fourth-order valence-electron chi connectivity index (χ4n) is 0.836. The number of hydrogen-bond donors (Lipinski definition) is 1. The van der Waals surface area contributed by atoms with E-state index in [1.807, 2.05) is 0 Å². The van der Waals surface area contributed by atoms with Crippen molar-refractivity contribution in [1.29, 1.82) is 0 Å². The Morgan fingerprint density at radius 2 is 1.18 bits per heavy atom. The van der Waals surface area contributed by atoms with Crippen LogP contribution in [0, 0.1) is 0 Å². The van der Waals surface area contributed by atoms with Gasteiger partial charge in [-0.1, -0.05) is 0 Å². The molecule has 0 aromatic rings. The molecule has 1 unspecified atom stereocenters. The van der Waals surface area contributed by atoms with Crippen LogP contribution in [0.2, 0.25) is 0 Å². The quantitative estimate of drug-likeness (QED) is 0.568. The number of halogens is 10. The van der Waals surface area contributed by atoms with E-state index < -0.39 is 39.6 Å². The van der Waals surface area contributed by atoms with Crippen molar-refractivity contribution in [2.45, 2.75) is 29.5 Å². The third-order valence-corrected chi connectivity index (χ3v) is 2.82. The molecule has 0 aromatic carbocycles. The number of methoxy groups -OCH3 is 1. The van der Waals surface area contributed by atoms with Crippen molar-refractivity contribution in [3.8, 4) is 0 Å². The number of ether oxygens (including phenoxy) is 2. The van der Waals surface area contributed by atoms with E-state index in [4.69, 9.17) is 4.55 Å². The largest absolute Gasteiger partial charge is 0.460 e. The molecular weight excluding hydrogens is 374 g/mol. The highest BCUT2D eigenvalue weighted by molar-refractivity contribution is 7.86. The van der Waals surface area contributed by atoms with Gasteiger partial charge in [0.15, 0.2) is 0 Å². The minimum absolute atomic E-state index is 0.385. The number of alkyl halides is 10. The molecule has 0 rings (SSSR count). The molecule has 0 aliphatic rings. The number of rotatable bonds is 6. The summed E-state index contributed by atoms with van der Waals surface area (Å²) in [5.41, 5.74) is 0. The van der Waals surface area contributed by atoms with E-state index in [-0.39, 0.29) is 7.11 Å². The first-order chi connectivity index (χ1) is 9.27. The summed E-state index contributed by atoms with van der Waals surface area (Å²) in [5, 5.41) is -6.82. The molecule has 0 aromatic heterocycles. The van der Waals surface area contributed by atoms with E-state index in [0.717, 1.165) is 0 Å². The molecule has 0 aliphatic heterocycles. The normalized spacial score (nSPS) is 18.2. The third kappa shape index (κ3) is 3.23. The summed E-state index contributed by atoms with van der Waals surface area (Å²) >= 11 is 0. The second-order valence-corrected chi connectivity index (χ2v) is 4.89. The standard InChI is InChI=1S/C6H4F10O5S/c1-20-2(7,3(8,9)10)4(11,12)21-5(13,14)6(15,16)22(17,18)19/h1H3,(H,17,18,19). The zero-order valence-electron chi connectivity index (χ0n) is 9.77. The van der Waals surface area contributed by atoms with E-state index in [0.29, 0.717) is 0 Å². The molecule has 1 N–H and O–H groups in total. The van der Waals surface area contributed by atoms with Crippen molar-refractivity contribution in [3.05, 3.63) is 0 Å². The molecule has 0 fully saturated rings. The molecule has 0 aliphatic carbocycles. The van der Waals surface area contributed by atoms with Crippen LogP contribution in [0.25, 0.3) is 0 Å². The van der Waals surface area contributed by atoms with Crippen LogP contribution in [0.4, 0.5) is 43.9 Å². The summed E-state index contributed by atoms with van der Waals surface area (Å²) in [7, 11) is -7.49. The smallest absolute Gasteiger partial charge is 0.335 e. The first kappa shape index (κ1) is 21.1. The molecular formula is C6H4F10O5S. The summed E-state index contributed by atoms with van der Waals surface area (Å²) in [6.07, 6.45) is -20.5. The SMILES string of the molecule is COC(F)(C(F)(F)F)C(F)(F)OC(F)(F)C(F)(F)S(=O)(=O)O. The summed E-state index contributed by atoms with van der Waals surface area (Å²) in [5.74, 6) is -6.32. The topological polar surface area (TPSA) is 72.8 Å². The highest BCUT2D eigenvalue weighted by atomic mass is 32.2. The minimum atomic E-state index is -7.11. The lowest BCUT2D eigenvalue weighted by Gasteiger charge is -2.35. The molecule has 0 amide bonds. The maximum absolute atomic E-state index is 13.0. The van der Waals surface area contributed by atoms with Crippen molar-refractivity contribution in [2.75, 3.05) is 7.11 Å². The molecule has 22 heavy (non-hydrogen) atoms. The van der Waals surface area contributed by atoms with Gasteiger partial charge in [0.1, 0.15) is 0 Å². The van der Waals surface area contributed by atoms with Crippen molar-refractivity contribution < 1.29 is 66.3 Å². The second kappa shape index (κ2) is 5.34. The van der Waals surface area contributed by atoms with Gasteiger partial charge in [-0.05, 0) is 0 Å². The van der Waals surface area contributed by atoms with Gasteiger partial charge in [-0.2, -0.15) is 52.3 Å². The van der Waals surface area contributed by atoms with Crippen LogP contribution in [0.3, 0.4) is 0 Å². The van der Waals surface area contributed by atoms with Crippen LogP contribution in [-0.2, 0) is 19.6 Å². The predicted octanol–water partition coefficient (Wildman–Crippen LogP) is 2.54. The first-order valence-electron chi connectivity index (χ1n) is 4.38. The summed E-state index contributed by atoms with van der Waals surface area (Å²) in [6.45, 7) is 0. The molecule has 0 spiro atoms. The Bertz CT molecular complexity index is 512. The van der Waals surface area contributed by atoms with Crippen molar-refractivity contribution in [2.24, 2.45) is 0 Å². The van der Waals surface area contributed by atoms with Gasteiger partial charge in [0.25, 0.3) is 0 Å². The van der Waals surface area contributed by atoms with Gasteiger partial charge in [0.2, 0.25) is 0 Å². The fraction of sp³-hybridized carbons (Fsp3) is 1.00. The molecule has 134 valence electrons. The van der Waals surface area contributed by atoms with Gasteiger partial charge < -0.3 is 4.74 Å². The van der Waals surface area contributed by atoms with Crippen LogP contribution in [0.5, 0.6) is 0 Å². The Morgan fingerprint density at radius 1 is 0.818 bits per heavy atom. The lowest BCUT2D eigenvalue weighted by Crippen LogP contribution is -2.62. The van der Waals surface area contributed by atoms with Crippen molar-refractivity contribution in [3.63, 3.8) is 0 Å². The Morgan fingerprint density at radius 3 is 1.41 bits per heavy atom. The van der Waals surface area contributed by atoms with Gasteiger partial charge in [-0.15, -0.1) is 0 Å². The molecule has 0 heterocycles. The first-order valence-corrected chi connectivity index (χ1v) is 5.82. The van der Waals surface area contributed by atoms with Crippen LogP contribution in [0.15, 0.2) is 0 Å². The predicted molar refractivity (Wildman–Crippen MR) is 44.4 cm³/mol. The van der Waals surface area contributed by atoms with Crippen LogP contribution in [-0.4, -0.2) is 49.6 Å². The average molecular weight is 378 g/mol. The zero-order valence-corrected chi connectivity index (χ0v) is 10.6. The third-order valence-electron chi connectivity index (χ3n) is 1.94. The van der Waals surface area contributed by atoms with Crippen LogP contribution in [0.1, 0.15) is 0 Å². The van der Waals surface area contributed by atoms with E-state index in [1.165, 1.54) is 0 Å². The highest BCUT2D eigenvalue weighted by Crippen LogP contribution is 2.51. The van der Waals surface area contributed by atoms with Gasteiger partial charge in [-0.3, -0.25) is 4.55 Å². The molecule has 5 nitrogen and oxygen atoms in total. The van der Waals surface area contributed by atoms with Gasteiger partial charge in [-0.25, -0.2) is 4.74 Å². The fourth-order valence-corrected chi connectivity index (χ4v) is 1.18. The van der Waals surface area contributed by atoms with Crippen LogP contribution >= 0.6 is 0 Å². The van der Waals surface area contributed by atoms with Gasteiger partial charge >= 0.3 is 39.6 Å².